The maximum Gasteiger partial charge on any atom is 0.343 e. The number of ether oxygens (including phenoxy) is 1. The molecular weight excluding hydrogens is 648 g/mol. The minimum Gasteiger partial charge on any atom is -0.465 e. The van der Waals surface area contributed by atoms with Crippen LogP contribution in [-0.4, -0.2) is 79.7 Å². The smallest absolute Gasteiger partial charge is 0.343 e. The molecule has 0 unspecified atom stereocenters. The Labute approximate surface area is 285 Å². The number of aryl methyl sites for hydroxylation is 2. The first-order valence-corrected chi connectivity index (χ1v) is 15.2. The van der Waals surface area contributed by atoms with E-state index in [0.29, 0.717) is 11.4 Å². The van der Waals surface area contributed by atoms with Crippen molar-refractivity contribution in [2.24, 2.45) is 34.6 Å². The van der Waals surface area contributed by atoms with Crippen LogP contribution in [0.15, 0.2) is 45.2 Å². The van der Waals surface area contributed by atoms with Crippen LogP contribution in [0.1, 0.15) is 73.6 Å². The van der Waals surface area contributed by atoms with Crippen LogP contribution in [0, 0.1) is 0 Å². The van der Waals surface area contributed by atoms with Gasteiger partial charge in [-0.15, -0.1) is 20.5 Å². The topological polar surface area (TPSA) is 262 Å². The number of nitrogen functional groups attached to an aromatic ring is 2. The molecule has 50 heavy (non-hydrogen) atoms. The van der Waals surface area contributed by atoms with E-state index in [-0.39, 0.29) is 57.4 Å². The normalized spacial score (nSPS) is 12.4. The Morgan fingerprint density at radius 1 is 0.780 bits per heavy atom. The van der Waals surface area contributed by atoms with E-state index < -0.39 is 29.2 Å². The van der Waals surface area contributed by atoms with Crippen LogP contribution in [0.3, 0.4) is 0 Å². The third kappa shape index (κ3) is 6.46. The summed E-state index contributed by atoms with van der Waals surface area (Å²) >= 11 is 0. The van der Waals surface area contributed by atoms with Gasteiger partial charge in [0.2, 0.25) is 0 Å². The second-order valence-corrected chi connectivity index (χ2v) is 13.2. The number of aliphatic hydroxyl groups excluding tert-OH is 1. The van der Waals surface area contributed by atoms with Gasteiger partial charge in [-0.05, 0) is 0 Å². The molecular formula is C30H38N16O4. The van der Waals surface area contributed by atoms with Crippen molar-refractivity contribution >= 4 is 46.4 Å². The van der Waals surface area contributed by atoms with Gasteiger partial charge in [0.1, 0.15) is 18.5 Å². The molecule has 0 aromatic carbocycles. The van der Waals surface area contributed by atoms with Crippen molar-refractivity contribution in [1.29, 1.82) is 0 Å². The molecule has 0 radical (unpaired) electrons. The zero-order valence-corrected chi connectivity index (χ0v) is 29.1. The molecule has 0 atom stereocenters. The van der Waals surface area contributed by atoms with Crippen molar-refractivity contribution in [3.05, 3.63) is 47.3 Å². The molecule has 262 valence electrons. The van der Waals surface area contributed by atoms with Gasteiger partial charge in [0.25, 0.3) is 0 Å². The fourth-order valence-electron chi connectivity index (χ4n) is 4.80. The first kappa shape index (κ1) is 35.1. The maximum atomic E-state index is 12.3. The summed E-state index contributed by atoms with van der Waals surface area (Å²) in [7, 11) is 4.48. The van der Waals surface area contributed by atoms with E-state index in [1.165, 1.54) is 44.6 Å². The number of hydrogen-bond donors (Lipinski definition) is 3. The van der Waals surface area contributed by atoms with Gasteiger partial charge in [-0.3, -0.25) is 4.79 Å². The Kier molecular flexibility index (Phi) is 9.15. The van der Waals surface area contributed by atoms with Crippen molar-refractivity contribution in [2.45, 2.75) is 52.4 Å². The molecule has 0 saturated heterocycles. The predicted octanol–water partition coefficient (Wildman–Crippen LogP) is 3.87. The van der Waals surface area contributed by atoms with E-state index in [9.17, 15) is 14.7 Å². The summed E-state index contributed by atoms with van der Waals surface area (Å²) in [5.41, 5.74) is 13.9. The molecule has 5 aromatic rings. The van der Waals surface area contributed by atoms with Gasteiger partial charge in [0.15, 0.2) is 52.1 Å². The molecule has 0 fully saturated rings. The molecule has 20 nitrogen and oxygen atoms in total. The lowest BCUT2D eigenvalue weighted by Crippen LogP contribution is -2.14. The van der Waals surface area contributed by atoms with Crippen molar-refractivity contribution in [3.63, 3.8) is 0 Å². The second-order valence-electron chi connectivity index (χ2n) is 13.2. The Balaban J connectivity index is 1.60. The first-order valence-electron chi connectivity index (χ1n) is 15.2. The maximum absolute atomic E-state index is 12.3. The monoisotopic (exact) mass is 686 g/mol. The highest BCUT2D eigenvalue weighted by atomic mass is 16.5. The quantitative estimate of drug-likeness (QED) is 0.113. The fourth-order valence-corrected chi connectivity index (χ4v) is 4.80. The van der Waals surface area contributed by atoms with E-state index >= 15 is 0 Å². The molecule has 0 bridgehead atoms. The number of nitrogens with zero attached hydrogens (tertiary/aromatic N) is 14. The van der Waals surface area contributed by atoms with Crippen LogP contribution in [0.4, 0.5) is 34.6 Å². The van der Waals surface area contributed by atoms with Gasteiger partial charge < -0.3 is 21.3 Å². The number of rotatable bonds is 9. The lowest BCUT2D eigenvalue weighted by atomic mass is 9.91. The number of carbonyl (C=O) groups is 2. The number of ketones is 1. The summed E-state index contributed by atoms with van der Waals surface area (Å²) in [5.74, 6) is -0.0936. The second kappa shape index (κ2) is 13.0. The van der Waals surface area contributed by atoms with Crippen LogP contribution < -0.4 is 11.5 Å². The summed E-state index contributed by atoms with van der Waals surface area (Å²) in [6, 6.07) is 1.59. The number of aliphatic hydroxyl groups is 1. The van der Waals surface area contributed by atoms with E-state index in [2.05, 4.69) is 40.6 Å². The van der Waals surface area contributed by atoms with E-state index in [0.717, 1.165) is 0 Å². The minimum absolute atomic E-state index is 0.108. The Morgan fingerprint density at radius 3 is 1.64 bits per heavy atom. The average Bonchev–Trinajstić information content (AvgIpc) is 3.81. The fraction of sp³-hybridized carbons (Fsp3) is 0.400. The highest BCUT2D eigenvalue weighted by Crippen LogP contribution is 2.40. The largest absolute Gasteiger partial charge is 0.465 e. The molecule has 5 rings (SSSR count). The van der Waals surface area contributed by atoms with Crippen LogP contribution >= 0.6 is 0 Å². The third-order valence-corrected chi connectivity index (χ3v) is 7.44. The number of aromatic nitrogens is 10. The van der Waals surface area contributed by atoms with Crippen LogP contribution in [0.5, 0.6) is 0 Å². The number of hydrogen-bond acceptors (Lipinski definition) is 16. The van der Waals surface area contributed by atoms with Crippen molar-refractivity contribution in [2.75, 3.05) is 25.2 Å². The van der Waals surface area contributed by atoms with Crippen LogP contribution in [0.2, 0.25) is 0 Å². The van der Waals surface area contributed by atoms with Gasteiger partial charge in [-0.25, -0.2) is 24.1 Å². The molecule has 0 aliphatic rings. The molecule has 0 aliphatic carbocycles. The zero-order chi connectivity index (χ0) is 36.7. The van der Waals surface area contributed by atoms with Gasteiger partial charge >= 0.3 is 5.97 Å². The molecule has 0 aliphatic heterocycles. The molecule has 0 saturated carbocycles. The Bertz CT molecular complexity index is 2010. The van der Waals surface area contributed by atoms with E-state index in [1.54, 1.807) is 20.2 Å². The summed E-state index contributed by atoms with van der Waals surface area (Å²) in [5, 5.41) is 44.4. The van der Waals surface area contributed by atoms with Crippen molar-refractivity contribution in [1.82, 2.24) is 49.1 Å². The SMILES string of the molecule is COC(=O)c1cnn(C)c1/N=N/c1c(C(C)(C)C)nn(-c2cc(-n3nc(C(C)(C)C)c(/N=N/c4c(C(=O)CO)cnn4C)c3N)ncn2)c1N. The van der Waals surface area contributed by atoms with Gasteiger partial charge in [0.05, 0.1) is 36.5 Å². The number of azo groups is 2. The lowest BCUT2D eigenvalue weighted by molar-refractivity contribution is 0.0601. The predicted molar refractivity (Wildman–Crippen MR) is 180 cm³/mol. The molecule has 5 heterocycles. The molecule has 5 N–H and O–H groups in total. The van der Waals surface area contributed by atoms with E-state index in [4.69, 9.17) is 26.4 Å². The summed E-state index contributed by atoms with van der Waals surface area (Å²) in [6.45, 7) is 10.9. The molecule has 0 spiro atoms. The molecule has 0 amide bonds. The van der Waals surface area contributed by atoms with Crippen molar-refractivity contribution in [3.8, 4) is 11.6 Å². The van der Waals surface area contributed by atoms with Gasteiger partial charge in [-0.2, -0.15) is 29.8 Å². The number of esters is 1. The lowest BCUT2D eigenvalue weighted by Gasteiger charge is -2.15. The number of methoxy groups -OCH3 is 1. The van der Waals surface area contributed by atoms with Gasteiger partial charge in [0, 0.05) is 31.0 Å². The highest BCUT2D eigenvalue weighted by molar-refractivity contribution is 6.00. The standard InChI is InChI=1S/C30H38N16O4/c1-29(2,3)22-20(37-39-26-15(17(48)13-47)11-35-43(26)7)24(31)45(41-22)18-10-19(34-14-33-18)46-25(32)21(23(42-46)30(4,5)6)38-40-27-16(28(49)50-9)12-36-44(27)8/h10-12,14,47H,13,31-32H2,1-9H3/b39-37+,40-38+. The van der Waals surface area contributed by atoms with Crippen molar-refractivity contribution < 1.29 is 19.4 Å². The average molecular weight is 687 g/mol. The van der Waals surface area contributed by atoms with Gasteiger partial charge in [-0.1, -0.05) is 41.5 Å². The summed E-state index contributed by atoms with van der Waals surface area (Å²) < 4.78 is 10.4. The molecule has 5 aromatic heterocycles. The summed E-state index contributed by atoms with van der Waals surface area (Å²) in [6.07, 6.45) is 3.96. The Morgan fingerprint density at radius 2 is 1.22 bits per heavy atom. The number of nitrogens with two attached hydrogens (primary N) is 2. The Hall–Kier alpha value is -6.18. The third-order valence-electron chi connectivity index (χ3n) is 7.44. The number of Topliss-reactive ketones (excluding diaryl/α,β-unsaturated/α-hetero) is 1. The molecule has 20 heteroatoms. The highest BCUT2D eigenvalue weighted by Gasteiger charge is 2.30. The van der Waals surface area contributed by atoms with Crippen LogP contribution in [0.25, 0.3) is 11.6 Å². The summed E-state index contributed by atoms with van der Waals surface area (Å²) in [4.78, 5) is 33.3. The zero-order valence-electron chi connectivity index (χ0n) is 29.1. The number of carbonyl (C=O) groups excluding carboxylic acids is 2. The van der Waals surface area contributed by atoms with E-state index in [1.807, 2.05) is 41.5 Å². The minimum atomic E-state index is -0.708. The number of anilines is 2. The van der Waals surface area contributed by atoms with Crippen LogP contribution in [-0.2, 0) is 29.7 Å². The first-order chi connectivity index (χ1) is 23.5.